The van der Waals surface area contributed by atoms with Gasteiger partial charge in [0.1, 0.15) is 0 Å². The van der Waals surface area contributed by atoms with Crippen LogP contribution in [0.25, 0.3) is 0 Å². The molecule has 0 radical (unpaired) electrons. The normalized spacial score (nSPS) is 17.5. The van der Waals surface area contributed by atoms with Gasteiger partial charge < -0.3 is 9.64 Å². The summed E-state index contributed by atoms with van der Waals surface area (Å²) in [5, 5.41) is 0. The number of benzene rings is 1. The molecule has 0 N–H and O–H groups in total. The van der Waals surface area contributed by atoms with Gasteiger partial charge in [0.15, 0.2) is 0 Å². The lowest BCUT2D eigenvalue weighted by atomic mass is 10.0. The van der Waals surface area contributed by atoms with E-state index in [4.69, 9.17) is 4.74 Å². The van der Waals surface area contributed by atoms with Gasteiger partial charge in [-0.15, -0.1) is 0 Å². The van der Waals surface area contributed by atoms with Crippen molar-refractivity contribution in [2.45, 2.75) is 38.6 Å². The van der Waals surface area contributed by atoms with E-state index < -0.39 is 0 Å². The second kappa shape index (κ2) is 8.72. The summed E-state index contributed by atoms with van der Waals surface area (Å²) in [7, 11) is 0. The van der Waals surface area contributed by atoms with Crippen LogP contribution < -0.4 is 0 Å². The molecule has 1 atom stereocenters. The van der Waals surface area contributed by atoms with Crippen LogP contribution in [-0.2, 0) is 22.4 Å². The summed E-state index contributed by atoms with van der Waals surface area (Å²) < 4.78 is 5.61. The molecule has 0 spiro atoms. The number of hydrogen-bond donors (Lipinski definition) is 0. The summed E-state index contributed by atoms with van der Waals surface area (Å²) >= 11 is 0. The van der Waals surface area contributed by atoms with E-state index in [0.29, 0.717) is 26.2 Å². The van der Waals surface area contributed by atoms with Crippen molar-refractivity contribution >= 4 is 5.91 Å². The SMILES string of the molecule is Cc1nccnc1CC[C@@H]1COCCN1C(=O)CCc1ccccc1. The maximum Gasteiger partial charge on any atom is 0.223 e. The molecule has 1 amide bonds. The van der Waals surface area contributed by atoms with E-state index in [9.17, 15) is 4.79 Å². The topological polar surface area (TPSA) is 55.3 Å². The van der Waals surface area contributed by atoms with Crippen molar-refractivity contribution in [3.8, 4) is 0 Å². The Bertz CT molecular complexity index is 690. The van der Waals surface area contributed by atoms with Gasteiger partial charge in [-0.2, -0.15) is 0 Å². The van der Waals surface area contributed by atoms with E-state index in [0.717, 1.165) is 30.7 Å². The molecular weight excluding hydrogens is 314 g/mol. The Morgan fingerprint density at radius 1 is 1.20 bits per heavy atom. The Balaban J connectivity index is 1.56. The third-order valence-corrected chi connectivity index (χ3v) is 4.72. The van der Waals surface area contributed by atoms with Gasteiger partial charge in [0.2, 0.25) is 5.91 Å². The fourth-order valence-corrected chi connectivity index (χ4v) is 3.25. The highest BCUT2D eigenvalue weighted by molar-refractivity contribution is 5.77. The Kier molecular flexibility index (Phi) is 6.12. The van der Waals surface area contributed by atoms with E-state index in [1.807, 2.05) is 30.0 Å². The minimum absolute atomic E-state index is 0.124. The first-order valence-corrected chi connectivity index (χ1v) is 8.91. The molecule has 2 heterocycles. The quantitative estimate of drug-likeness (QED) is 0.812. The fourth-order valence-electron chi connectivity index (χ4n) is 3.25. The van der Waals surface area contributed by atoms with Crippen LogP contribution >= 0.6 is 0 Å². The maximum absolute atomic E-state index is 12.7. The summed E-state index contributed by atoms with van der Waals surface area (Å²) in [6.45, 7) is 3.88. The second-order valence-electron chi connectivity index (χ2n) is 6.43. The molecule has 25 heavy (non-hydrogen) atoms. The van der Waals surface area contributed by atoms with Crippen LogP contribution in [0.2, 0.25) is 0 Å². The number of carbonyl (C=O) groups is 1. The van der Waals surface area contributed by atoms with Crippen molar-refractivity contribution < 1.29 is 9.53 Å². The molecule has 5 nitrogen and oxygen atoms in total. The fraction of sp³-hybridized carbons (Fsp3) is 0.450. The highest BCUT2D eigenvalue weighted by Gasteiger charge is 2.27. The summed E-state index contributed by atoms with van der Waals surface area (Å²) in [6, 6.07) is 10.3. The van der Waals surface area contributed by atoms with E-state index >= 15 is 0 Å². The zero-order valence-corrected chi connectivity index (χ0v) is 14.7. The first kappa shape index (κ1) is 17.5. The molecule has 1 aromatic heterocycles. The minimum atomic E-state index is 0.124. The number of aryl methyl sites for hydroxylation is 3. The first-order valence-electron chi connectivity index (χ1n) is 8.91. The monoisotopic (exact) mass is 339 g/mol. The Morgan fingerprint density at radius 3 is 2.80 bits per heavy atom. The van der Waals surface area contributed by atoms with Crippen LogP contribution in [-0.4, -0.2) is 46.6 Å². The minimum Gasteiger partial charge on any atom is -0.377 e. The predicted molar refractivity (Wildman–Crippen MR) is 96.2 cm³/mol. The lowest BCUT2D eigenvalue weighted by Crippen LogP contribution is -2.49. The number of ether oxygens (including phenoxy) is 1. The van der Waals surface area contributed by atoms with Crippen molar-refractivity contribution in [3.05, 3.63) is 59.7 Å². The molecule has 132 valence electrons. The van der Waals surface area contributed by atoms with Crippen LogP contribution in [0.5, 0.6) is 0 Å². The number of nitrogens with zero attached hydrogens (tertiary/aromatic N) is 3. The van der Waals surface area contributed by atoms with Crippen LogP contribution in [0.1, 0.15) is 29.8 Å². The van der Waals surface area contributed by atoms with Crippen LogP contribution in [0.3, 0.4) is 0 Å². The van der Waals surface area contributed by atoms with Gasteiger partial charge in [0.25, 0.3) is 0 Å². The van der Waals surface area contributed by atoms with Gasteiger partial charge >= 0.3 is 0 Å². The lowest BCUT2D eigenvalue weighted by molar-refractivity contribution is -0.140. The van der Waals surface area contributed by atoms with Crippen molar-refractivity contribution in [3.63, 3.8) is 0 Å². The van der Waals surface area contributed by atoms with E-state index in [1.165, 1.54) is 5.56 Å². The molecule has 0 aliphatic carbocycles. The average molecular weight is 339 g/mol. The molecule has 3 rings (SSSR count). The summed E-state index contributed by atoms with van der Waals surface area (Å²) in [4.78, 5) is 23.4. The largest absolute Gasteiger partial charge is 0.377 e. The van der Waals surface area contributed by atoms with Crippen LogP contribution in [0, 0.1) is 6.92 Å². The molecule has 0 bridgehead atoms. The highest BCUT2D eigenvalue weighted by atomic mass is 16.5. The van der Waals surface area contributed by atoms with Gasteiger partial charge in [0, 0.05) is 25.4 Å². The van der Waals surface area contributed by atoms with E-state index in [2.05, 4.69) is 22.1 Å². The van der Waals surface area contributed by atoms with Gasteiger partial charge in [-0.1, -0.05) is 30.3 Å². The molecule has 0 unspecified atom stereocenters. The number of morpholine rings is 1. The average Bonchev–Trinajstić information content (AvgIpc) is 2.66. The van der Waals surface area contributed by atoms with Gasteiger partial charge in [-0.25, -0.2) is 0 Å². The molecule has 2 aromatic rings. The summed E-state index contributed by atoms with van der Waals surface area (Å²) in [5.41, 5.74) is 3.17. The van der Waals surface area contributed by atoms with Crippen molar-refractivity contribution in [2.75, 3.05) is 19.8 Å². The molecule has 5 heteroatoms. The van der Waals surface area contributed by atoms with Gasteiger partial charge in [-0.05, 0) is 31.7 Å². The van der Waals surface area contributed by atoms with Crippen LogP contribution in [0.4, 0.5) is 0 Å². The zero-order valence-electron chi connectivity index (χ0n) is 14.7. The predicted octanol–water partition coefficient (Wildman–Crippen LogP) is 2.58. The second-order valence-corrected chi connectivity index (χ2v) is 6.43. The van der Waals surface area contributed by atoms with E-state index in [1.54, 1.807) is 12.4 Å². The molecule has 1 aromatic carbocycles. The molecule has 1 aliphatic rings. The highest BCUT2D eigenvalue weighted by Crippen LogP contribution is 2.16. The number of hydrogen-bond acceptors (Lipinski definition) is 4. The summed E-state index contributed by atoms with van der Waals surface area (Å²) in [5.74, 6) is 0.216. The maximum atomic E-state index is 12.7. The number of aromatic nitrogens is 2. The number of carbonyl (C=O) groups excluding carboxylic acids is 1. The molecular formula is C20H25N3O2. The van der Waals surface area contributed by atoms with Crippen LogP contribution in [0.15, 0.2) is 42.7 Å². The first-order chi connectivity index (χ1) is 12.2. The van der Waals surface area contributed by atoms with Crippen molar-refractivity contribution in [1.82, 2.24) is 14.9 Å². The number of amides is 1. The Labute approximate surface area is 149 Å². The summed E-state index contributed by atoms with van der Waals surface area (Å²) in [6.07, 6.45) is 6.44. The third kappa shape index (κ3) is 4.86. The standard InChI is InChI=1S/C20H25N3O2/c1-16-19(22-12-11-21-16)9-8-18-15-25-14-13-23(18)20(24)10-7-17-5-3-2-4-6-17/h2-6,11-12,18H,7-10,13-15H2,1H3/t18-/m1/s1. The number of rotatable bonds is 6. The van der Waals surface area contributed by atoms with E-state index in [-0.39, 0.29) is 11.9 Å². The lowest BCUT2D eigenvalue weighted by Gasteiger charge is -2.36. The molecule has 1 aliphatic heterocycles. The Hall–Kier alpha value is -2.27. The van der Waals surface area contributed by atoms with Gasteiger partial charge in [0.05, 0.1) is 30.6 Å². The third-order valence-electron chi connectivity index (χ3n) is 4.72. The molecule has 1 saturated heterocycles. The van der Waals surface area contributed by atoms with Gasteiger partial charge in [-0.3, -0.25) is 14.8 Å². The van der Waals surface area contributed by atoms with Crippen molar-refractivity contribution in [2.24, 2.45) is 0 Å². The smallest absolute Gasteiger partial charge is 0.223 e. The molecule has 0 saturated carbocycles. The molecule has 1 fully saturated rings. The van der Waals surface area contributed by atoms with Crippen molar-refractivity contribution in [1.29, 1.82) is 0 Å². The zero-order chi connectivity index (χ0) is 17.5. The Morgan fingerprint density at radius 2 is 2.00 bits per heavy atom.